The van der Waals surface area contributed by atoms with Crippen molar-refractivity contribution in [3.05, 3.63) is 23.9 Å². The summed E-state index contributed by atoms with van der Waals surface area (Å²) in [6.45, 7) is 1.25. The SMILES string of the molecule is Cc1cccc(NC(=O)[C@@](F)(OC(F)(F)C(F)(F)C(F)(F)F)C(F)(F)F)n1. The lowest BCUT2D eigenvalue weighted by molar-refractivity contribution is -0.472. The highest BCUT2D eigenvalue weighted by Crippen LogP contribution is 2.51. The van der Waals surface area contributed by atoms with Crippen LogP contribution in [0, 0.1) is 6.92 Å². The Labute approximate surface area is 142 Å². The van der Waals surface area contributed by atoms with Gasteiger partial charge in [-0.2, -0.15) is 48.3 Å². The summed E-state index contributed by atoms with van der Waals surface area (Å²) in [6.07, 6.45) is -21.0. The summed E-state index contributed by atoms with van der Waals surface area (Å²) in [7, 11) is 0. The summed E-state index contributed by atoms with van der Waals surface area (Å²) < 4.78 is 142. The van der Waals surface area contributed by atoms with E-state index in [4.69, 9.17) is 0 Å². The maximum Gasteiger partial charge on any atom is 0.462 e. The van der Waals surface area contributed by atoms with Crippen molar-refractivity contribution in [1.29, 1.82) is 0 Å². The first kappa shape index (κ1) is 22.9. The van der Waals surface area contributed by atoms with Gasteiger partial charge in [-0.25, -0.2) is 4.98 Å². The Balaban J connectivity index is 3.30. The zero-order chi connectivity index (χ0) is 21.5. The van der Waals surface area contributed by atoms with E-state index in [2.05, 4.69) is 9.72 Å². The normalized spacial score (nSPS) is 16.0. The fourth-order valence-electron chi connectivity index (χ4n) is 1.45. The topological polar surface area (TPSA) is 51.2 Å². The highest BCUT2D eigenvalue weighted by molar-refractivity contribution is 5.96. The Morgan fingerprint density at radius 1 is 0.926 bits per heavy atom. The number of anilines is 1. The number of nitrogens with one attached hydrogen (secondary N) is 1. The number of aromatic nitrogens is 1. The molecule has 154 valence electrons. The molecule has 0 fully saturated rings. The van der Waals surface area contributed by atoms with E-state index in [0.29, 0.717) is 0 Å². The fraction of sp³-hybridized carbons (Fsp3) is 0.500. The highest BCUT2D eigenvalue weighted by Gasteiger charge is 2.79. The summed E-state index contributed by atoms with van der Waals surface area (Å²) >= 11 is 0. The van der Waals surface area contributed by atoms with Crippen LogP contribution in [0.1, 0.15) is 5.69 Å². The smallest absolute Gasteiger partial charge is 0.305 e. The molecule has 0 saturated carbocycles. The second-order valence-electron chi connectivity index (χ2n) is 4.90. The van der Waals surface area contributed by atoms with Gasteiger partial charge in [0.25, 0.3) is 0 Å². The standard InChI is InChI=1S/C12H7F11N2O2/c1-5-3-2-4-6(24-5)25-7(26)8(13,10(16,17)18)27-12(22,23)9(14,15)11(19,20)21/h2-4H,1H3,(H,24,25,26)/t8-/m1/s1. The number of ether oxygens (including phenoxy) is 1. The van der Waals surface area contributed by atoms with Crippen LogP contribution in [0.3, 0.4) is 0 Å². The average molecular weight is 420 g/mol. The molecule has 0 radical (unpaired) electrons. The van der Waals surface area contributed by atoms with Crippen molar-refractivity contribution in [2.24, 2.45) is 0 Å². The molecule has 1 aromatic rings. The van der Waals surface area contributed by atoms with E-state index in [0.717, 1.165) is 17.4 Å². The van der Waals surface area contributed by atoms with E-state index in [1.54, 1.807) is 0 Å². The summed E-state index contributed by atoms with van der Waals surface area (Å²) in [6, 6.07) is 3.07. The first-order valence-corrected chi connectivity index (χ1v) is 6.38. The second kappa shape index (κ2) is 6.76. The first-order valence-electron chi connectivity index (χ1n) is 6.38. The van der Waals surface area contributed by atoms with Crippen LogP contribution < -0.4 is 5.32 Å². The van der Waals surface area contributed by atoms with Crippen molar-refractivity contribution < 1.29 is 57.8 Å². The van der Waals surface area contributed by atoms with E-state index in [1.165, 1.54) is 13.0 Å². The first-order chi connectivity index (χ1) is 11.8. The Kier molecular flexibility index (Phi) is 5.72. The molecule has 0 aliphatic rings. The minimum Gasteiger partial charge on any atom is -0.305 e. The van der Waals surface area contributed by atoms with Crippen molar-refractivity contribution in [3.8, 4) is 0 Å². The maximum absolute atomic E-state index is 13.9. The Bertz CT molecular complexity index is 701. The van der Waals surface area contributed by atoms with Gasteiger partial charge in [0.15, 0.2) is 0 Å². The van der Waals surface area contributed by atoms with Crippen molar-refractivity contribution in [2.75, 3.05) is 5.32 Å². The average Bonchev–Trinajstić information content (AvgIpc) is 2.44. The lowest BCUT2D eigenvalue weighted by Crippen LogP contribution is -2.62. The largest absolute Gasteiger partial charge is 0.462 e. The van der Waals surface area contributed by atoms with Gasteiger partial charge in [0, 0.05) is 5.69 Å². The molecule has 1 atom stereocenters. The molecular formula is C12H7F11N2O2. The molecule has 27 heavy (non-hydrogen) atoms. The molecule has 0 aromatic carbocycles. The molecule has 15 heteroatoms. The third-order valence-electron chi connectivity index (χ3n) is 2.78. The van der Waals surface area contributed by atoms with Crippen molar-refractivity contribution in [1.82, 2.24) is 4.98 Å². The zero-order valence-electron chi connectivity index (χ0n) is 12.7. The Morgan fingerprint density at radius 3 is 1.85 bits per heavy atom. The van der Waals surface area contributed by atoms with Crippen molar-refractivity contribution in [3.63, 3.8) is 0 Å². The van der Waals surface area contributed by atoms with Crippen LogP contribution in [0.25, 0.3) is 0 Å². The van der Waals surface area contributed by atoms with E-state index < -0.39 is 42.0 Å². The zero-order valence-corrected chi connectivity index (χ0v) is 12.7. The number of hydrogen-bond donors (Lipinski definition) is 1. The molecule has 0 spiro atoms. The Morgan fingerprint density at radius 2 is 1.44 bits per heavy atom. The van der Waals surface area contributed by atoms with Gasteiger partial charge in [0.2, 0.25) is 0 Å². The predicted octanol–water partition coefficient (Wildman–Crippen LogP) is 4.36. The van der Waals surface area contributed by atoms with Crippen LogP contribution in [0.4, 0.5) is 54.1 Å². The predicted molar refractivity (Wildman–Crippen MR) is 64.5 cm³/mol. The lowest BCUT2D eigenvalue weighted by Gasteiger charge is -2.34. The van der Waals surface area contributed by atoms with E-state index >= 15 is 0 Å². The van der Waals surface area contributed by atoms with E-state index in [-0.39, 0.29) is 5.69 Å². The third-order valence-corrected chi connectivity index (χ3v) is 2.78. The van der Waals surface area contributed by atoms with Crippen LogP contribution in [0.15, 0.2) is 18.2 Å². The number of carbonyl (C=O) groups is 1. The monoisotopic (exact) mass is 420 g/mol. The molecule has 0 aliphatic heterocycles. The van der Waals surface area contributed by atoms with Gasteiger partial charge in [-0.3, -0.25) is 9.53 Å². The van der Waals surface area contributed by atoms with Crippen LogP contribution >= 0.6 is 0 Å². The number of amides is 1. The van der Waals surface area contributed by atoms with Gasteiger partial charge in [-0.1, -0.05) is 6.07 Å². The van der Waals surface area contributed by atoms with Crippen LogP contribution in [0.5, 0.6) is 0 Å². The summed E-state index contributed by atoms with van der Waals surface area (Å²) in [5, 5.41) is 1.01. The van der Waals surface area contributed by atoms with Crippen LogP contribution in [-0.2, 0) is 9.53 Å². The van der Waals surface area contributed by atoms with Gasteiger partial charge >= 0.3 is 36.1 Å². The van der Waals surface area contributed by atoms with Crippen molar-refractivity contribution in [2.45, 2.75) is 37.2 Å². The number of carbonyl (C=O) groups excluding carboxylic acids is 1. The summed E-state index contributed by atoms with van der Waals surface area (Å²) in [4.78, 5) is 14.8. The molecule has 0 saturated heterocycles. The second-order valence-corrected chi connectivity index (χ2v) is 4.90. The van der Waals surface area contributed by atoms with E-state index in [1.807, 2.05) is 0 Å². The highest BCUT2D eigenvalue weighted by atomic mass is 19.4. The molecule has 1 rings (SSSR count). The van der Waals surface area contributed by atoms with Gasteiger partial charge in [0.05, 0.1) is 0 Å². The summed E-state index contributed by atoms with van der Waals surface area (Å²) in [5.74, 6) is -17.5. The van der Waals surface area contributed by atoms with Crippen LogP contribution in [-0.4, -0.2) is 41.1 Å². The molecular weight excluding hydrogens is 413 g/mol. The number of pyridine rings is 1. The van der Waals surface area contributed by atoms with Crippen molar-refractivity contribution >= 4 is 11.7 Å². The molecule has 0 unspecified atom stereocenters. The number of aryl methyl sites for hydroxylation is 1. The molecule has 0 bridgehead atoms. The van der Waals surface area contributed by atoms with Gasteiger partial charge in [0.1, 0.15) is 5.82 Å². The van der Waals surface area contributed by atoms with Gasteiger partial charge < -0.3 is 5.32 Å². The third kappa shape index (κ3) is 4.39. The molecule has 1 N–H and O–H groups in total. The molecule has 1 amide bonds. The quantitative estimate of drug-likeness (QED) is 0.721. The number of halogens is 11. The molecule has 1 aromatic heterocycles. The Hall–Kier alpha value is -2.19. The maximum atomic E-state index is 13.9. The number of hydrogen-bond acceptors (Lipinski definition) is 3. The minimum absolute atomic E-state index is 0.0409. The van der Waals surface area contributed by atoms with Gasteiger partial charge in [-0.15, -0.1) is 0 Å². The minimum atomic E-state index is -7.25. The molecule has 0 aliphatic carbocycles. The summed E-state index contributed by atoms with van der Waals surface area (Å²) in [5.41, 5.74) is 0.0409. The van der Waals surface area contributed by atoms with Gasteiger partial charge in [-0.05, 0) is 19.1 Å². The number of alkyl halides is 11. The van der Waals surface area contributed by atoms with Crippen LogP contribution in [0.2, 0.25) is 0 Å². The molecule has 4 nitrogen and oxygen atoms in total. The fourth-order valence-corrected chi connectivity index (χ4v) is 1.45. The number of rotatable bonds is 5. The lowest BCUT2D eigenvalue weighted by atomic mass is 10.2. The number of nitrogens with zero attached hydrogens (tertiary/aromatic N) is 1. The molecule has 1 heterocycles. The van der Waals surface area contributed by atoms with E-state index in [9.17, 15) is 53.1 Å².